The van der Waals surface area contributed by atoms with Crippen LogP contribution in [0.25, 0.3) is 0 Å². The van der Waals surface area contributed by atoms with Crippen molar-refractivity contribution < 1.29 is 18.0 Å². The van der Waals surface area contributed by atoms with E-state index in [1.54, 1.807) is 6.07 Å². The number of halogens is 2. The molecule has 4 N–H and O–H groups in total. The summed E-state index contributed by atoms with van der Waals surface area (Å²) in [6.45, 7) is 0. The van der Waals surface area contributed by atoms with Crippen LogP contribution in [0.1, 0.15) is 5.56 Å². The van der Waals surface area contributed by atoms with E-state index in [1.807, 2.05) is 0 Å². The predicted octanol–water partition coefficient (Wildman–Crippen LogP) is 2.55. The van der Waals surface area contributed by atoms with Gasteiger partial charge in [0.1, 0.15) is 10.0 Å². The zero-order valence-electron chi connectivity index (χ0n) is 10.2. The lowest BCUT2D eigenvalue weighted by Crippen LogP contribution is -2.17. The second-order valence-corrected chi connectivity index (χ2v) is 8.22. The normalized spacial score (nSPS) is 12.4. The molecule has 2 rings (SSSR count). The topological polar surface area (TPSA) is 105 Å². The molecule has 0 aliphatic rings. The van der Waals surface area contributed by atoms with E-state index in [1.165, 1.54) is 12.1 Å². The van der Waals surface area contributed by atoms with Crippen LogP contribution in [-0.2, 0) is 10.0 Å². The molecule has 0 fully saturated rings. The Labute approximate surface area is 132 Å². The third kappa shape index (κ3) is 3.52. The number of nitrogens with one attached hydrogen (secondary N) is 1. The van der Waals surface area contributed by atoms with Gasteiger partial charge in [-0.2, -0.15) is 0 Å². The molecule has 0 atom stereocenters. The Hall–Kier alpha value is -1.65. The van der Waals surface area contributed by atoms with Crippen LogP contribution in [0.3, 0.4) is 0 Å². The third-order valence-corrected chi connectivity index (χ3v) is 5.91. The smallest absolute Gasteiger partial charge is 0.271 e. The zero-order valence-corrected chi connectivity index (χ0v) is 13.5. The predicted molar refractivity (Wildman–Crippen MR) is 81.7 cm³/mol. The van der Waals surface area contributed by atoms with Crippen molar-refractivity contribution >= 4 is 48.8 Å². The van der Waals surface area contributed by atoms with Crippen molar-refractivity contribution in [2.75, 3.05) is 4.72 Å². The molecular formula is C11H9BrFN3O3S2. The molecule has 0 bridgehead atoms. The van der Waals surface area contributed by atoms with Gasteiger partial charge >= 0.3 is 0 Å². The number of nitrogens with zero attached hydrogens (tertiary/aromatic N) is 1. The molecule has 10 heteroatoms. The molecule has 0 saturated heterocycles. The maximum Gasteiger partial charge on any atom is 0.271 e. The first-order valence-corrected chi connectivity index (χ1v) is 8.48. The molecule has 2 aromatic rings. The molecule has 6 nitrogen and oxygen atoms in total. The number of amidine groups is 1. The molecule has 0 saturated carbocycles. The van der Waals surface area contributed by atoms with Crippen molar-refractivity contribution in [1.29, 1.82) is 0 Å². The van der Waals surface area contributed by atoms with Crippen molar-refractivity contribution in [3.05, 3.63) is 45.5 Å². The number of anilines is 1. The molecule has 0 radical (unpaired) electrons. The van der Waals surface area contributed by atoms with Gasteiger partial charge in [-0.05, 0) is 46.3 Å². The number of benzene rings is 1. The van der Waals surface area contributed by atoms with Crippen molar-refractivity contribution in [2.24, 2.45) is 10.9 Å². The average Bonchev–Trinajstić information content (AvgIpc) is 2.87. The minimum absolute atomic E-state index is 0.0996. The van der Waals surface area contributed by atoms with E-state index in [0.717, 1.165) is 23.5 Å². The van der Waals surface area contributed by atoms with Crippen LogP contribution in [0.5, 0.6) is 0 Å². The Kier molecular flexibility index (Phi) is 4.49. The van der Waals surface area contributed by atoms with Crippen molar-refractivity contribution in [3.63, 3.8) is 0 Å². The highest BCUT2D eigenvalue weighted by Crippen LogP contribution is 2.28. The van der Waals surface area contributed by atoms with Crippen molar-refractivity contribution in [2.45, 2.75) is 4.21 Å². The summed E-state index contributed by atoms with van der Waals surface area (Å²) >= 11 is 4.21. The second kappa shape index (κ2) is 6.00. The lowest BCUT2D eigenvalue weighted by molar-refractivity contribution is 0.318. The summed E-state index contributed by atoms with van der Waals surface area (Å²) in [5.41, 5.74) is 5.22. The number of nitrogens with two attached hydrogens (primary N) is 1. The van der Waals surface area contributed by atoms with Crippen molar-refractivity contribution in [1.82, 2.24) is 0 Å². The summed E-state index contributed by atoms with van der Waals surface area (Å²) in [5, 5.41) is 11.3. The van der Waals surface area contributed by atoms with E-state index in [9.17, 15) is 12.8 Å². The van der Waals surface area contributed by atoms with Crippen LogP contribution in [-0.4, -0.2) is 19.5 Å². The molecule has 0 aliphatic heterocycles. The first-order chi connectivity index (χ1) is 9.83. The fourth-order valence-corrected chi connectivity index (χ4v) is 4.55. The summed E-state index contributed by atoms with van der Waals surface area (Å²) in [6, 6.07) is 6.45. The van der Waals surface area contributed by atoms with Gasteiger partial charge < -0.3 is 10.9 Å². The van der Waals surface area contributed by atoms with Crippen LogP contribution in [0.4, 0.5) is 10.1 Å². The molecule has 1 aromatic carbocycles. The minimum atomic E-state index is -3.78. The molecule has 0 amide bonds. The molecule has 0 unspecified atom stereocenters. The number of hydrogen-bond acceptors (Lipinski definition) is 5. The molecular weight excluding hydrogens is 385 g/mol. The molecule has 0 spiro atoms. The van der Waals surface area contributed by atoms with E-state index in [0.29, 0.717) is 3.79 Å². The number of rotatable bonds is 4. The molecule has 112 valence electrons. The van der Waals surface area contributed by atoms with E-state index in [2.05, 4.69) is 25.8 Å². The van der Waals surface area contributed by atoms with Gasteiger partial charge in [0.25, 0.3) is 10.0 Å². The van der Waals surface area contributed by atoms with E-state index in [-0.39, 0.29) is 15.5 Å². The van der Waals surface area contributed by atoms with Crippen LogP contribution in [0.2, 0.25) is 0 Å². The van der Waals surface area contributed by atoms with Gasteiger partial charge in [-0.15, -0.1) is 11.3 Å². The van der Waals surface area contributed by atoms with Gasteiger partial charge in [-0.25, -0.2) is 12.8 Å². The molecule has 1 aromatic heterocycles. The molecule has 21 heavy (non-hydrogen) atoms. The quantitative estimate of drug-likeness (QED) is 0.321. The van der Waals surface area contributed by atoms with Gasteiger partial charge in [0.05, 0.1) is 9.35 Å². The first kappa shape index (κ1) is 15.7. The Morgan fingerprint density at radius 3 is 2.67 bits per heavy atom. The van der Waals surface area contributed by atoms with E-state index in [4.69, 9.17) is 10.9 Å². The van der Waals surface area contributed by atoms with Crippen LogP contribution in [0, 0.1) is 5.82 Å². The van der Waals surface area contributed by atoms with Gasteiger partial charge in [0.2, 0.25) is 0 Å². The summed E-state index contributed by atoms with van der Waals surface area (Å²) in [5.74, 6) is -1.18. The average molecular weight is 394 g/mol. The van der Waals surface area contributed by atoms with Crippen LogP contribution in [0.15, 0.2) is 43.5 Å². The zero-order chi connectivity index (χ0) is 15.6. The van der Waals surface area contributed by atoms with Crippen molar-refractivity contribution in [3.8, 4) is 0 Å². The van der Waals surface area contributed by atoms with Gasteiger partial charge in [0.15, 0.2) is 5.84 Å². The summed E-state index contributed by atoms with van der Waals surface area (Å²) in [4.78, 5) is 0. The van der Waals surface area contributed by atoms with Gasteiger partial charge in [-0.1, -0.05) is 5.16 Å². The Balaban J connectivity index is 2.36. The summed E-state index contributed by atoms with van der Waals surface area (Å²) in [7, 11) is -3.78. The summed E-state index contributed by atoms with van der Waals surface area (Å²) in [6.07, 6.45) is 0. The Morgan fingerprint density at radius 1 is 1.38 bits per heavy atom. The fourth-order valence-electron chi connectivity index (χ4n) is 1.49. The summed E-state index contributed by atoms with van der Waals surface area (Å²) < 4.78 is 40.8. The highest BCUT2D eigenvalue weighted by molar-refractivity contribution is 9.11. The fraction of sp³-hybridized carbons (Fsp3) is 0. The number of sulfonamides is 1. The number of thiophene rings is 1. The minimum Gasteiger partial charge on any atom is -0.409 e. The van der Waals surface area contributed by atoms with Gasteiger partial charge in [-0.3, -0.25) is 4.72 Å². The van der Waals surface area contributed by atoms with Crippen LogP contribution >= 0.6 is 27.3 Å². The second-order valence-electron chi connectivity index (χ2n) is 3.84. The van der Waals surface area contributed by atoms with Gasteiger partial charge in [0, 0.05) is 5.69 Å². The van der Waals surface area contributed by atoms with E-state index >= 15 is 0 Å². The maximum atomic E-state index is 13.5. The maximum absolute atomic E-state index is 13.5. The standard InChI is InChI=1S/C11H9BrFN3O3S2/c12-9-3-4-10(20-9)21(18,19)16-6-1-2-8(13)7(5-6)11(14)15-17/h1-5,16-17H,(H2,14,15). The molecule has 1 heterocycles. The highest BCUT2D eigenvalue weighted by Gasteiger charge is 2.18. The lowest BCUT2D eigenvalue weighted by Gasteiger charge is -2.08. The lowest BCUT2D eigenvalue weighted by atomic mass is 10.2. The first-order valence-electron chi connectivity index (χ1n) is 5.39. The number of hydrogen-bond donors (Lipinski definition) is 3. The third-order valence-electron chi connectivity index (χ3n) is 2.42. The Morgan fingerprint density at radius 2 is 2.10 bits per heavy atom. The molecule has 0 aliphatic carbocycles. The monoisotopic (exact) mass is 393 g/mol. The van der Waals surface area contributed by atoms with Crippen LogP contribution < -0.4 is 10.5 Å². The highest BCUT2D eigenvalue weighted by atomic mass is 79.9. The SMILES string of the molecule is NC(=NO)c1cc(NS(=O)(=O)c2ccc(Br)s2)ccc1F. The largest absolute Gasteiger partial charge is 0.409 e. The van der Waals surface area contributed by atoms with E-state index < -0.39 is 21.7 Å². The Bertz CT molecular complexity index is 805. The number of oxime groups is 1.